The fourth-order valence-corrected chi connectivity index (χ4v) is 6.89. The summed E-state index contributed by atoms with van der Waals surface area (Å²) in [4.78, 5) is 37.8. The van der Waals surface area contributed by atoms with Gasteiger partial charge in [-0.3, -0.25) is 9.13 Å². The van der Waals surface area contributed by atoms with Gasteiger partial charge >= 0.3 is 20.9 Å². The van der Waals surface area contributed by atoms with Crippen LogP contribution >= 0.6 is 15.2 Å². The van der Waals surface area contributed by atoms with E-state index in [1.54, 1.807) is 12.1 Å². The summed E-state index contributed by atoms with van der Waals surface area (Å²) in [7, 11) is -10.2. The lowest BCUT2D eigenvalue weighted by molar-refractivity contribution is 0.0564. The Bertz CT molecular complexity index is 2130. The van der Waals surface area contributed by atoms with Crippen molar-refractivity contribution in [3.05, 3.63) is 150 Å². The Balaban J connectivity index is 1.46. The summed E-state index contributed by atoms with van der Waals surface area (Å²) in [6.07, 6.45) is 0.617. The van der Waals surface area contributed by atoms with Crippen molar-refractivity contribution >= 4 is 31.5 Å². The van der Waals surface area contributed by atoms with Gasteiger partial charge in [-0.15, -0.1) is 5.10 Å². The first-order valence-electron chi connectivity index (χ1n) is 14.4. The number of aromatic nitrogens is 3. The fraction of sp³-hybridized carbons (Fsp3) is 0.118. The second-order valence-electron chi connectivity index (χ2n) is 11.3. The summed E-state index contributed by atoms with van der Waals surface area (Å²) in [5.74, 6) is 0. The molecule has 13 heteroatoms. The van der Waals surface area contributed by atoms with Gasteiger partial charge in [-0.25, -0.2) is 4.68 Å². The molecule has 6 aromatic rings. The van der Waals surface area contributed by atoms with E-state index in [4.69, 9.17) is 0 Å². The average molecular weight is 676 g/mol. The SMILES string of the molecule is O=P(O)(O)c1cccc(-c2ccc(C[C@@](Cc3ccc(C(F)(F)P(=O)(O)O)cc3)(c3ccccc3)n3nnc4ccccc43)cc2)c1. The lowest BCUT2D eigenvalue weighted by atomic mass is 9.78. The number of hydrogen-bond acceptors (Lipinski definition) is 4. The van der Waals surface area contributed by atoms with Gasteiger partial charge in [-0.05, 0) is 52.1 Å². The van der Waals surface area contributed by atoms with E-state index in [2.05, 4.69) is 10.3 Å². The first-order valence-corrected chi connectivity index (χ1v) is 17.7. The van der Waals surface area contributed by atoms with E-state index in [0.717, 1.165) is 34.3 Å². The van der Waals surface area contributed by atoms with Crippen molar-refractivity contribution in [1.82, 2.24) is 15.0 Å². The average Bonchev–Trinajstić information content (AvgIpc) is 3.49. The Labute approximate surface area is 268 Å². The Morgan fingerprint density at radius 2 is 1.23 bits per heavy atom. The normalized spacial score (nSPS) is 13.8. The lowest BCUT2D eigenvalue weighted by Crippen LogP contribution is -2.40. The van der Waals surface area contributed by atoms with Crippen LogP contribution < -0.4 is 5.30 Å². The van der Waals surface area contributed by atoms with Gasteiger partial charge < -0.3 is 19.6 Å². The molecule has 47 heavy (non-hydrogen) atoms. The minimum absolute atomic E-state index is 0.0789. The Morgan fingerprint density at radius 1 is 0.638 bits per heavy atom. The standard InChI is InChI=1S/C34H29F2N3O6P2/c35-34(36,47(43,44)45)29-19-15-25(16-20-29)23-33(28-8-2-1-3-9-28,39-32-12-5-4-11-31(32)37-38-39)22-24-13-17-26(18-14-24)27-7-6-10-30(21-27)46(40,41)42/h1-21H,22-23H2,(H2,40,41,42)(H2,43,44,45)/t33-/m1/s1. The van der Waals surface area contributed by atoms with E-state index in [-0.39, 0.29) is 11.7 Å². The number of rotatable bonds is 10. The molecule has 240 valence electrons. The van der Waals surface area contributed by atoms with E-state index in [0.29, 0.717) is 23.1 Å². The number of hydrogen-bond donors (Lipinski definition) is 4. The summed E-state index contributed by atoms with van der Waals surface area (Å²) in [5, 5.41) is 8.93. The molecule has 6 rings (SSSR count). The molecule has 0 unspecified atom stereocenters. The molecule has 1 aromatic heterocycles. The van der Waals surface area contributed by atoms with Gasteiger partial charge in [0.25, 0.3) is 0 Å². The van der Waals surface area contributed by atoms with Crippen LogP contribution in [-0.4, -0.2) is 34.6 Å². The molecule has 9 nitrogen and oxygen atoms in total. The Morgan fingerprint density at radius 3 is 1.85 bits per heavy atom. The third-order valence-electron chi connectivity index (χ3n) is 8.20. The molecule has 0 aliphatic carbocycles. The zero-order valence-corrected chi connectivity index (χ0v) is 26.4. The first-order chi connectivity index (χ1) is 22.3. The number of fused-ring (bicyclic) bond motifs is 1. The van der Waals surface area contributed by atoms with Gasteiger partial charge in [-0.2, -0.15) is 8.78 Å². The second-order valence-corrected chi connectivity index (χ2v) is 14.6. The molecule has 0 saturated carbocycles. The zero-order chi connectivity index (χ0) is 33.5. The van der Waals surface area contributed by atoms with Crippen LogP contribution in [0, 0.1) is 0 Å². The minimum atomic E-state index is -5.74. The number of nitrogens with zero attached hydrogens (tertiary/aromatic N) is 3. The van der Waals surface area contributed by atoms with Gasteiger partial charge in [0, 0.05) is 18.4 Å². The van der Waals surface area contributed by atoms with Crippen LogP contribution in [0.15, 0.2) is 127 Å². The number of halogens is 2. The quantitative estimate of drug-likeness (QED) is 0.123. The third-order valence-corrected chi connectivity index (χ3v) is 10.1. The van der Waals surface area contributed by atoms with E-state index in [1.807, 2.05) is 83.5 Å². The van der Waals surface area contributed by atoms with E-state index >= 15 is 0 Å². The minimum Gasteiger partial charge on any atom is -0.321 e. The highest BCUT2D eigenvalue weighted by molar-refractivity contribution is 7.60. The maximum absolute atomic E-state index is 14.5. The van der Waals surface area contributed by atoms with Crippen LogP contribution in [0.2, 0.25) is 0 Å². The van der Waals surface area contributed by atoms with Gasteiger partial charge in [-0.1, -0.05) is 108 Å². The van der Waals surface area contributed by atoms with E-state index < -0.39 is 32.0 Å². The molecule has 0 bridgehead atoms. The van der Waals surface area contributed by atoms with Crippen molar-refractivity contribution in [2.75, 3.05) is 0 Å². The molecule has 4 N–H and O–H groups in total. The molecule has 0 radical (unpaired) electrons. The van der Waals surface area contributed by atoms with Crippen LogP contribution in [0.4, 0.5) is 8.78 Å². The fourth-order valence-electron chi connectivity index (χ4n) is 5.82. The van der Waals surface area contributed by atoms with Crippen LogP contribution in [0.5, 0.6) is 0 Å². The smallest absolute Gasteiger partial charge is 0.321 e. The summed E-state index contributed by atoms with van der Waals surface area (Å²) in [5.41, 5.74) is -0.927. The summed E-state index contributed by atoms with van der Waals surface area (Å²) in [6.45, 7) is 0. The highest BCUT2D eigenvalue weighted by atomic mass is 31.2. The molecular formula is C34H29F2N3O6P2. The van der Waals surface area contributed by atoms with E-state index in [9.17, 15) is 37.5 Å². The van der Waals surface area contributed by atoms with E-state index in [1.165, 1.54) is 24.3 Å². The summed E-state index contributed by atoms with van der Waals surface area (Å²) >= 11 is 0. The predicted molar refractivity (Wildman–Crippen MR) is 174 cm³/mol. The highest BCUT2D eigenvalue weighted by Crippen LogP contribution is 2.59. The number of para-hydroxylation sites is 1. The molecule has 0 saturated heterocycles. The molecule has 5 aromatic carbocycles. The van der Waals surface area contributed by atoms with Crippen molar-refractivity contribution in [2.45, 2.75) is 24.0 Å². The van der Waals surface area contributed by atoms with Gasteiger partial charge in [0.15, 0.2) is 0 Å². The number of alkyl halides is 2. The largest absolute Gasteiger partial charge is 0.399 e. The van der Waals surface area contributed by atoms with Crippen molar-refractivity contribution in [1.29, 1.82) is 0 Å². The highest BCUT2D eigenvalue weighted by Gasteiger charge is 2.50. The zero-order valence-electron chi connectivity index (χ0n) is 24.6. The molecule has 0 aliphatic rings. The molecule has 0 aliphatic heterocycles. The van der Waals surface area contributed by atoms with Crippen LogP contribution in [0.1, 0.15) is 22.3 Å². The molecule has 0 amide bonds. The van der Waals surface area contributed by atoms with Gasteiger partial charge in [0.2, 0.25) is 0 Å². The first kappa shape index (κ1) is 32.6. The maximum Gasteiger partial charge on any atom is 0.399 e. The molecule has 1 heterocycles. The van der Waals surface area contributed by atoms with Gasteiger partial charge in [0.05, 0.1) is 16.4 Å². The van der Waals surface area contributed by atoms with Crippen LogP contribution in [0.3, 0.4) is 0 Å². The summed E-state index contributed by atoms with van der Waals surface area (Å²) in [6, 6.07) is 35.7. The predicted octanol–water partition coefficient (Wildman–Crippen LogP) is 6.36. The van der Waals surface area contributed by atoms with Crippen molar-refractivity contribution < 1.29 is 37.5 Å². The molecule has 1 atom stereocenters. The van der Waals surface area contributed by atoms with Crippen molar-refractivity contribution in [2.24, 2.45) is 0 Å². The van der Waals surface area contributed by atoms with Crippen molar-refractivity contribution in [3.8, 4) is 11.1 Å². The van der Waals surface area contributed by atoms with Crippen LogP contribution in [-0.2, 0) is 33.2 Å². The topological polar surface area (TPSA) is 146 Å². The Hall–Kier alpha value is -4.34. The van der Waals surface area contributed by atoms with Crippen LogP contribution in [0.25, 0.3) is 22.2 Å². The molecule has 0 spiro atoms. The maximum atomic E-state index is 14.5. The summed E-state index contributed by atoms with van der Waals surface area (Å²) < 4.78 is 54.2. The second kappa shape index (κ2) is 12.4. The third kappa shape index (κ3) is 6.47. The van der Waals surface area contributed by atoms with Crippen molar-refractivity contribution in [3.63, 3.8) is 0 Å². The molecule has 0 fully saturated rings. The number of benzene rings is 5. The van der Waals surface area contributed by atoms with Gasteiger partial charge in [0.1, 0.15) is 5.52 Å². The Kier molecular flexibility index (Phi) is 8.57. The molecular weight excluding hydrogens is 646 g/mol. The lowest BCUT2D eigenvalue weighted by Gasteiger charge is -2.36. The monoisotopic (exact) mass is 675 g/mol.